The molecule has 0 amide bonds. The van der Waals surface area contributed by atoms with Crippen molar-refractivity contribution in [2.45, 2.75) is 12.8 Å². The van der Waals surface area contributed by atoms with Crippen LogP contribution in [0.1, 0.15) is 22.3 Å². The maximum Gasteiger partial charge on any atom is 0.488 e. The Bertz CT molecular complexity index is 403. The summed E-state index contributed by atoms with van der Waals surface area (Å²) >= 11 is 0. The Hall–Kier alpha value is -1.20. The third kappa shape index (κ3) is 1.34. The van der Waals surface area contributed by atoms with E-state index in [-0.39, 0.29) is 16.8 Å². The molecule has 0 aromatic heterocycles. The summed E-state index contributed by atoms with van der Waals surface area (Å²) in [5.41, 5.74) is 0.698. The molecule has 0 spiro atoms. The Balaban J connectivity index is 2.58. The molecule has 0 saturated heterocycles. The Morgan fingerprint density at radius 2 is 2.00 bits per heavy atom. The number of hydrogen-bond donors (Lipinski definition) is 2. The zero-order valence-electron chi connectivity index (χ0n) is 7.33. The molecule has 0 heterocycles. The molecule has 0 radical (unpaired) electrons. The Morgan fingerprint density at radius 3 is 2.64 bits per heavy atom. The first-order valence-corrected chi connectivity index (χ1v) is 4.31. The standard InChI is InChI=1S/C9H8BFO3/c11-8-4-5(10(13)14)3-7-6(8)1-2-9(7)12/h3-4,13-14H,1-2H2. The Kier molecular flexibility index (Phi) is 2.13. The van der Waals surface area contributed by atoms with Crippen LogP contribution < -0.4 is 5.46 Å². The molecule has 2 rings (SSSR count). The fraction of sp³-hybridized carbons (Fsp3) is 0.222. The normalized spacial score (nSPS) is 14.4. The molecule has 1 aromatic carbocycles. The molecule has 3 nitrogen and oxygen atoms in total. The largest absolute Gasteiger partial charge is 0.488 e. The lowest BCUT2D eigenvalue weighted by molar-refractivity contribution is 0.0994. The summed E-state index contributed by atoms with van der Waals surface area (Å²) in [7, 11) is -1.73. The molecule has 0 bridgehead atoms. The van der Waals surface area contributed by atoms with Crippen molar-refractivity contribution >= 4 is 18.4 Å². The van der Waals surface area contributed by atoms with Crippen molar-refractivity contribution in [1.29, 1.82) is 0 Å². The van der Waals surface area contributed by atoms with Crippen LogP contribution in [-0.2, 0) is 6.42 Å². The molecule has 2 N–H and O–H groups in total. The van der Waals surface area contributed by atoms with Gasteiger partial charge in [-0.05, 0) is 23.5 Å². The van der Waals surface area contributed by atoms with E-state index in [1.807, 2.05) is 0 Å². The average Bonchev–Trinajstić information content (AvgIpc) is 2.48. The van der Waals surface area contributed by atoms with Gasteiger partial charge in [-0.3, -0.25) is 4.79 Å². The molecule has 0 unspecified atom stereocenters. The smallest absolute Gasteiger partial charge is 0.423 e. The van der Waals surface area contributed by atoms with Gasteiger partial charge in [0.1, 0.15) is 5.82 Å². The highest BCUT2D eigenvalue weighted by Crippen LogP contribution is 2.23. The molecule has 72 valence electrons. The van der Waals surface area contributed by atoms with Crippen LogP contribution in [-0.4, -0.2) is 22.9 Å². The van der Waals surface area contributed by atoms with E-state index in [0.29, 0.717) is 18.4 Å². The predicted molar refractivity (Wildman–Crippen MR) is 48.9 cm³/mol. The first-order chi connectivity index (χ1) is 6.59. The molecular formula is C9H8BFO3. The molecule has 1 aromatic rings. The number of carbonyl (C=O) groups excluding carboxylic acids is 1. The topological polar surface area (TPSA) is 57.5 Å². The van der Waals surface area contributed by atoms with Crippen LogP contribution in [0.15, 0.2) is 12.1 Å². The van der Waals surface area contributed by atoms with E-state index < -0.39 is 12.9 Å². The zero-order chi connectivity index (χ0) is 10.3. The van der Waals surface area contributed by atoms with Gasteiger partial charge in [-0.15, -0.1) is 0 Å². The third-order valence-corrected chi connectivity index (χ3v) is 2.42. The second-order valence-electron chi connectivity index (χ2n) is 3.33. The lowest BCUT2D eigenvalue weighted by Gasteiger charge is -2.04. The van der Waals surface area contributed by atoms with E-state index in [1.54, 1.807) is 0 Å². The van der Waals surface area contributed by atoms with Crippen molar-refractivity contribution in [3.63, 3.8) is 0 Å². The van der Waals surface area contributed by atoms with Gasteiger partial charge in [0, 0.05) is 12.0 Å². The number of rotatable bonds is 1. The van der Waals surface area contributed by atoms with E-state index in [2.05, 4.69) is 0 Å². The summed E-state index contributed by atoms with van der Waals surface area (Å²) in [6.45, 7) is 0. The van der Waals surface area contributed by atoms with Crippen LogP contribution in [0.5, 0.6) is 0 Å². The van der Waals surface area contributed by atoms with Crippen molar-refractivity contribution in [1.82, 2.24) is 0 Å². The molecule has 0 aliphatic heterocycles. The first kappa shape index (κ1) is 9.36. The quantitative estimate of drug-likeness (QED) is 0.600. The van der Waals surface area contributed by atoms with Gasteiger partial charge in [-0.1, -0.05) is 6.07 Å². The summed E-state index contributed by atoms with van der Waals surface area (Å²) in [5.74, 6) is -0.669. The van der Waals surface area contributed by atoms with Gasteiger partial charge < -0.3 is 10.0 Å². The molecule has 1 aliphatic rings. The molecule has 0 saturated carbocycles. The molecular weight excluding hydrogens is 186 g/mol. The van der Waals surface area contributed by atoms with Gasteiger partial charge in [-0.2, -0.15) is 0 Å². The molecule has 14 heavy (non-hydrogen) atoms. The fourth-order valence-corrected chi connectivity index (χ4v) is 1.68. The minimum Gasteiger partial charge on any atom is -0.423 e. The number of benzene rings is 1. The van der Waals surface area contributed by atoms with Crippen LogP contribution in [0.4, 0.5) is 4.39 Å². The second kappa shape index (κ2) is 3.18. The minimum atomic E-state index is -1.73. The monoisotopic (exact) mass is 194 g/mol. The Labute approximate surface area is 80.3 Å². The van der Waals surface area contributed by atoms with E-state index in [1.165, 1.54) is 6.07 Å². The molecule has 0 atom stereocenters. The summed E-state index contributed by atoms with van der Waals surface area (Å²) < 4.78 is 13.3. The third-order valence-electron chi connectivity index (χ3n) is 2.42. The van der Waals surface area contributed by atoms with Crippen LogP contribution >= 0.6 is 0 Å². The number of hydrogen-bond acceptors (Lipinski definition) is 3. The van der Waals surface area contributed by atoms with Crippen molar-refractivity contribution in [3.05, 3.63) is 29.1 Å². The van der Waals surface area contributed by atoms with Gasteiger partial charge in [0.25, 0.3) is 0 Å². The summed E-state index contributed by atoms with van der Waals surface area (Å²) in [6.07, 6.45) is 0.707. The van der Waals surface area contributed by atoms with Gasteiger partial charge in [0.05, 0.1) is 0 Å². The zero-order valence-corrected chi connectivity index (χ0v) is 7.33. The highest BCUT2D eigenvalue weighted by Gasteiger charge is 2.25. The highest BCUT2D eigenvalue weighted by atomic mass is 19.1. The van der Waals surface area contributed by atoms with E-state index in [9.17, 15) is 9.18 Å². The number of halogens is 1. The van der Waals surface area contributed by atoms with Crippen LogP contribution in [0.2, 0.25) is 0 Å². The molecule has 1 aliphatic carbocycles. The highest BCUT2D eigenvalue weighted by molar-refractivity contribution is 6.58. The van der Waals surface area contributed by atoms with E-state index in [0.717, 1.165) is 6.07 Å². The Morgan fingerprint density at radius 1 is 1.29 bits per heavy atom. The van der Waals surface area contributed by atoms with Crippen molar-refractivity contribution in [2.75, 3.05) is 0 Å². The summed E-state index contributed by atoms with van der Waals surface area (Å²) in [6, 6.07) is 2.40. The lowest BCUT2D eigenvalue weighted by atomic mass is 9.79. The van der Waals surface area contributed by atoms with Crippen LogP contribution in [0.3, 0.4) is 0 Å². The molecule has 0 fully saturated rings. The van der Waals surface area contributed by atoms with Crippen LogP contribution in [0.25, 0.3) is 0 Å². The van der Waals surface area contributed by atoms with Crippen molar-refractivity contribution in [3.8, 4) is 0 Å². The predicted octanol–water partition coefficient (Wildman–Crippen LogP) is -0.366. The van der Waals surface area contributed by atoms with Gasteiger partial charge in [0.2, 0.25) is 0 Å². The van der Waals surface area contributed by atoms with E-state index >= 15 is 0 Å². The van der Waals surface area contributed by atoms with Gasteiger partial charge >= 0.3 is 7.12 Å². The first-order valence-electron chi connectivity index (χ1n) is 4.31. The van der Waals surface area contributed by atoms with Crippen molar-refractivity contribution < 1.29 is 19.2 Å². The van der Waals surface area contributed by atoms with Gasteiger partial charge in [0.15, 0.2) is 5.78 Å². The van der Waals surface area contributed by atoms with E-state index in [4.69, 9.17) is 10.0 Å². The summed E-state index contributed by atoms with van der Waals surface area (Å²) in [5, 5.41) is 17.7. The average molecular weight is 194 g/mol. The number of carbonyl (C=O) groups is 1. The van der Waals surface area contributed by atoms with Crippen molar-refractivity contribution in [2.24, 2.45) is 0 Å². The maximum atomic E-state index is 13.3. The lowest BCUT2D eigenvalue weighted by Crippen LogP contribution is -2.31. The number of ketones is 1. The fourth-order valence-electron chi connectivity index (χ4n) is 1.68. The second-order valence-corrected chi connectivity index (χ2v) is 3.33. The number of Topliss-reactive ketones (excluding diaryl/α,β-unsaturated/α-hetero) is 1. The summed E-state index contributed by atoms with van der Waals surface area (Å²) in [4.78, 5) is 11.3. The van der Waals surface area contributed by atoms with Crippen LogP contribution in [0, 0.1) is 5.82 Å². The number of fused-ring (bicyclic) bond motifs is 1. The van der Waals surface area contributed by atoms with Gasteiger partial charge in [-0.25, -0.2) is 4.39 Å². The maximum absolute atomic E-state index is 13.3. The molecule has 5 heteroatoms. The SMILES string of the molecule is O=C1CCc2c(F)cc(B(O)O)cc21. The minimum absolute atomic E-state index is 0.0245.